The van der Waals surface area contributed by atoms with E-state index in [9.17, 15) is 98.7 Å². The van der Waals surface area contributed by atoms with E-state index < -0.39 is 150 Å². The SMILES string of the molecule is CC(=O)NC12C(OCCCCC(=O)NCCCNC(=O)CCOCC(COCCC(=O)NCCCNC(=O)CCCCOC3OC4C5(CO)C(O)C(O)C5C34NC(C)=O)(COCCC(=O)NCCCNC(=O)CCCCOC3OC4C5(CO)C(O)C(O)C5C34NC(C)=O)NC(=O)CCCCCCCCCCCNC(=O)CON)OC1C1(CO)C(O)C(O)C12. The summed E-state index contributed by atoms with van der Waals surface area (Å²) >= 11 is 0. The normalized spacial score (nSPS) is 31.8. The van der Waals surface area contributed by atoms with Crippen LogP contribution in [0, 0.1) is 34.0 Å². The van der Waals surface area contributed by atoms with Crippen molar-refractivity contribution in [3.05, 3.63) is 0 Å². The van der Waals surface area contributed by atoms with Gasteiger partial charge in [0.25, 0.3) is 0 Å². The molecule has 42 nitrogen and oxygen atoms in total. The zero-order valence-electron chi connectivity index (χ0n) is 71.2. The lowest BCUT2D eigenvalue weighted by molar-refractivity contribution is -0.496. The molecule has 0 aromatic rings. The van der Waals surface area contributed by atoms with E-state index in [-0.39, 0.29) is 215 Å². The van der Waals surface area contributed by atoms with Gasteiger partial charge in [0.05, 0.1) is 112 Å². The summed E-state index contributed by atoms with van der Waals surface area (Å²) in [4.78, 5) is 144. The summed E-state index contributed by atoms with van der Waals surface area (Å²) in [6, 6.07) is 0. The van der Waals surface area contributed by atoms with Crippen LogP contribution in [0.2, 0.25) is 0 Å². The van der Waals surface area contributed by atoms with Gasteiger partial charge in [-0.15, -0.1) is 0 Å². The zero-order chi connectivity index (χ0) is 89.2. The third-order valence-corrected chi connectivity index (χ3v) is 25.9. The number of aliphatic hydroxyl groups excluding tert-OH is 9. The molecule has 6 saturated carbocycles. The van der Waals surface area contributed by atoms with E-state index in [1.165, 1.54) is 20.8 Å². The lowest BCUT2D eigenvalue weighted by atomic mass is 9.32. The van der Waals surface area contributed by atoms with E-state index in [1.807, 2.05) is 0 Å². The Morgan fingerprint density at radius 1 is 0.333 bits per heavy atom. The van der Waals surface area contributed by atoms with Gasteiger partial charge in [-0.25, -0.2) is 5.90 Å². The molecule has 0 radical (unpaired) electrons. The van der Waals surface area contributed by atoms with Gasteiger partial charge in [0.2, 0.25) is 65.0 Å². The molecule has 700 valence electrons. The minimum atomic E-state index is -1.41. The molecule has 9 aliphatic rings. The maximum absolute atomic E-state index is 14.0. The van der Waals surface area contributed by atoms with Gasteiger partial charge in [-0.3, -0.25) is 57.6 Å². The molecule has 123 heavy (non-hydrogen) atoms. The summed E-state index contributed by atoms with van der Waals surface area (Å²) < 4.78 is 53.8. The second kappa shape index (κ2) is 46.9. The van der Waals surface area contributed by atoms with E-state index >= 15 is 0 Å². The predicted molar refractivity (Wildman–Crippen MR) is 429 cm³/mol. The monoisotopic (exact) mass is 1760 g/mol. The number of carbonyl (C=O) groups excluding carboxylic acids is 11. The van der Waals surface area contributed by atoms with Crippen LogP contribution < -0.4 is 64.4 Å². The number of aliphatic hydroxyl groups is 9. The fraction of sp³-hybridized carbons (Fsp3) is 0.864. The number of hydrogen-bond donors (Lipinski definition) is 21. The number of amides is 11. The van der Waals surface area contributed by atoms with Crippen LogP contribution >= 0.6 is 0 Å². The molecule has 3 aliphatic heterocycles. The number of hydrogen-bond acceptors (Lipinski definition) is 31. The lowest BCUT2D eigenvalue weighted by Gasteiger charge is -2.82. The summed E-state index contributed by atoms with van der Waals surface area (Å²) in [5.41, 5.74) is -7.93. The van der Waals surface area contributed by atoms with Crippen molar-refractivity contribution in [1.29, 1.82) is 0 Å². The Hall–Kier alpha value is -6.63. The van der Waals surface area contributed by atoms with Crippen LogP contribution in [0.1, 0.15) is 181 Å². The minimum absolute atomic E-state index is 0.0984. The second-order valence-electron chi connectivity index (χ2n) is 34.4. The fourth-order valence-corrected chi connectivity index (χ4v) is 20.0. The van der Waals surface area contributed by atoms with E-state index in [2.05, 4.69) is 63.3 Å². The minimum Gasteiger partial charge on any atom is -0.396 e. The lowest BCUT2D eigenvalue weighted by Crippen LogP contribution is -3.01. The van der Waals surface area contributed by atoms with Crippen LogP contribution in [0.25, 0.3) is 0 Å². The molecule has 42 heteroatoms. The molecule has 0 aromatic carbocycles. The van der Waals surface area contributed by atoms with Crippen LogP contribution in [0.4, 0.5) is 0 Å². The predicted octanol–water partition coefficient (Wildman–Crippen LogP) is -5.77. The van der Waals surface area contributed by atoms with E-state index in [4.69, 9.17) is 48.5 Å². The van der Waals surface area contributed by atoms with Gasteiger partial charge in [-0.1, -0.05) is 44.9 Å². The van der Waals surface area contributed by atoms with Gasteiger partial charge in [0.1, 0.15) is 47.1 Å². The first-order valence-corrected chi connectivity index (χ1v) is 43.9. The number of carbonyl (C=O) groups is 11. The van der Waals surface area contributed by atoms with Gasteiger partial charge < -0.3 is 147 Å². The average molecular weight is 1760 g/mol. The van der Waals surface area contributed by atoms with E-state index in [1.54, 1.807) is 0 Å². The number of nitrogens with one attached hydrogen (secondary N) is 11. The smallest absolute Gasteiger partial charge is 0.248 e. The van der Waals surface area contributed by atoms with Crippen LogP contribution in [-0.4, -0.2) is 339 Å². The second-order valence-corrected chi connectivity index (χ2v) is 34.4. The third kappa shape index (κ3) is 22.6. The van der Waals surface area contributed by atoms with Crippen LogP contribution in [0.5, 0.6) is 0 Å². The molecule has 9 fully saturated rings. The summed E-state index contributed by atoms with van der Waals surface area (Å²) in [7, 11) is 0. The third-order valence-electron chi connectivity index (χ3n) is 25.9. The van der Waals surface area contributed by atoms with Crippen molar-refractivity contribution in [2.24, 2.45) is 39.9 Å². The zero-order valence-corrected chi connectivity index (χ0v) is 71.2. The largest absolute Gasteiger partial charge is 0.396 e. The molecule has 3 saturated heterocycles. The first-order chi connectivity index (χ1) is 59.0. The number of nitrogens with two attached hydrogens (primary N) is 1. The van der Waals surface area contributed by atoms with Crippen molar-refractivity contribution < 1.29 is 146 Å². The Balaban J connectivity index is 0.693. The molecule has 21 atom stereocenters. The highest BCUT2D eigenvalue weighted by Crippen LogP contribution is 2.75. The van der Waals surface area contributed by atoms with Gasteiger partial charge in [-0.05, 0) is 70.6 Å². The Labute approximate surface area is 715 Å². The molecule has 0 bridgehead atoms. The maximum atomic E-state index is 14.0. The highest BCUT2D eigenvalue weighted by molar-refractivity contribution is 5.80. The van der Waals surface area contributed by atoms with Crippen molar-refractivity contribution in [3.63, 3.8) is 0 Å². The van der Waals surface area contributed by atoms with Gasteiger partial charge >= 0.3 is 0 Å². The summed E-state index contributed by atoms with van der Waals surface area (Å²) in [5.74, 6) is -0.511. The first kappa shape index (κ1) is 100. The van der Waals surface area contributed by atoms with Gasteiger partial charge in [0.15, 0.2) is 18.9 Å². The van der Waals surface area contributed by atoms with Crippen molar-refractivity contribution in [2.75, 3.05) is 132 Å². The first-order valence-electron chi connectivity index (χ1n) is 43.9. The molecule has 6 aliphatic carbocycles. The van der Waals surface area contributed by atoms with Crippen molar-refractivity contribution in [1.82, 2.24) is 58.5 Å². The standard InChI is InChI=1S/C81H136N12O30/c1-49(97)90-79-63-60(108)66(111)76(63,43-94)69(79)121-72(79)117-36-16-12-22-52(100)83-30-19-33-86-55(103)26-39-114-46-75(93-58(106)25-11-9-7-5-4-6-8-10-15-29-89-59(107)42-120-82,47-115-40-27-56(104)87-34-20-31-84-53(101)23-13-17-37-118-73-80(91-50(2)98)64-61(109)67(112)77(64,44-95)70(80)122-73)48-116-41-28-57(105)88-35-21-32-85-54(102)24-14-18-38-119-74-81(92-51(3)99)65-62(110)68(113)78(65,45-96)71(81)123-74/h60-74,94-96,108-113H,4-48,82H2,1-3H3,(H,83,100)(H,84,101)(H,85,102)(H,86,103)(H,87,104)(H,88,105)(H,89,107)(H,90,97)(H,91,98)(H,92,99)(H,93,106). The maximum Gasteiger partial charge on any atom is 0.248 e. The number of rotatable bonds is 66. The Morgan fingerprint density at radius 2 is 0.593 bits per heavy atom. The van der Waals surface area contributed by atoms with E-state index in [0.29, 0.717) is 70.8 Å². The van der Waals surface area contributed by atoms with Crippen LogP contribution in [0.15, 0.2) is 0 Å². The molecule has 3 heterocycles. The fourth-order valence-electron chi connectivity index (χ4n) is 20.0. The molecule has 11 amide bonds. The topological polar surface area (TPSA) is 620 Å². The number of fused-ring (bicyclic) bond motifs is 12. The summed E-state index contributed by atoms with van der Waals surface area (Å²) in [6.45, 7) is 3.93. The average Bonchev–Trinajstić information content (AvgIpc) is 0.636. The van der Waals surface area contributed by atoms with Crippen molar-refractivity contribution in [3.8, 4) is 0 Å². The molecule has 22 N–H and O–H groups in total. The Morgan fingerprint density at radius 3 is 0.886 bits per heavy atom. The van der Waals surface area contributed by atoms with Gasteiger partial charge in [0, 0.05) is 149 Å². The van der Waals surface area contributed by atoms with Crippen LogP contribution in [-0.2, 0) is 100 Å². The molecule has 0 aromatic heterocycles. The number of ether oxygens (including phenoxy) is 9. The molecule has 9 rings (SSSR count). The molecular formula is C81H136N12O30. The molecular weight excluding hydrogens is 1620 g/mol. The molecule has 0 spiro atoms. The Kier molecular flexibility index (Phi) is 38.2. The molecule has 21 unspecified atom stereocenters. The summed E-state index contributed by atoms with van der Waals surface area (Å²) in [6.07, 6.45) is 0.196. The highest BCUT2D eigenvalue weighted by atomic mass is 16.7. The van der Waals surface area contributed by atoms with E-state index in [0.717, 1.165) is 51.4 Å². The summed E-state index contributed by atoms with van der Waals surface area (Å²) in [5, 5.41) is 124. The Bertz CT molecular complexity index is 3210. The number of unbranched alkanes of at least 4 members (excludes halogenated alkanes) is 11. The van der Waals surface area contributed by atoms with Crippen molar-refractivity contribution in [2.45, 2.75) is 277 Å². The van der Waals surface area contributed by atoms with Crippen molar-refractivity contribution >= 4 is 65.0 Å². The quantitative estimate of drug-likeness (QED) is 0.0199. The highest BCUT2D eigenvalue weighted by Gasteiger charge is 2.93. The van der Waals surface area contributed by atoms with Gasteiger partial charge in [-0.2, -0.15) is 0 Å². The van der Waals surface area contributed by atoms with Crippen LogP contribution in [0.3, 0.4) is 0 Å².